The molecular formula is C14H10BrCl2FO. The summed E-state index contributed by atoms with van der Waals surface area (Å²) in [7, 11) is 1.58. The van der Waals surface area contributed by atoms with Gasteiger partial charge in [-0.15, -0.1) is 11.6 Å². The number of rotatable bonds is 3. The van der Waals surface area contributed by atoms with Gasteiger partial charge in [-0.05, 0) is 45.8 Å². The first-order valence-electron chi connectivity index (χ1n) is 5.45. The minimum Gasteiger partial charge on any atom is -0.496 e. The summed E-state index contributed by atoms with van der Waals surface area (Å²) >= 11 is 15.4. The molecule has 0 bridgehead atoms. The van der Waals surface area contributed by atoms with Gasteiger partial charge in [-0.3, -0.25) is 0 Å². The second-order valence-electron chi connectivity index (χ2n) is 3.92. The number of alkyl halides is 1. The SMILES string of the molecule is COc1ccc(C(Cl)c2ccc(Cl)cc2F)cc1Br. The topological polar surface area (TPSA) is 9.23 Å². The van der Waals surface area contributed by atoms with Crippen molar-refractivity contribution in [3.8, 4) is 5.75 Å². The van der Waals surface area contributed by atoms with E-state index < -0.39 is 11.2 Å². The molecular weight excluding hydrogens is 354 g/mol. The van der Waals surface area contributed by atoms with Crippen LogP contribution in [-0.4, -0.2) is 7.11 Å². The van der Waals surface area contributed by atoms with Gasteiger partial charge in [0.2, 0.25) is 0 Å². The second-order valence-corrected chi connectivity index (χ2v) is 5.65. The highest BCUT2D eigenvalue weighted by molar-refractivity contribution is 9.10. The highest BCUT2D eigenvalue weighted by atomic mass is 79.9. The zero-order valence-corrected chi connectivity index (χ0v) is 13.1. The maximum absolute atomic E-state index is 13.8. The normalized spacial score (nSPS) is 12.3. The molecule has 100 valence electrons. The van der Waals surface area contributed by atoms with Gasteiger partial charge in [-0.1, -0.05) is 23.7 Å². The Hall–Kier alpha value is -0.770. The van der Waals surface area contributed by atoms with E-state index in [1.807, 2.05) is 6.07 Å². The van der Waals surface area contributed by atoms with E-state index in [0.29, 0.717) is 16.3 Å². The van der Waals surface area contributed by atoms with Crippen LogP contribution in [0.25, 0.3) is 0 Å². The summed E-state index contributed by atoms with van der Waals surface area (Å²) in [4.78, 5) is 0. The van der Waals surface area contributed by atoms with Gasteiger partial charge >= 0.3 is 0 Å². The lowest BCUT2D eigenvalue weighted by Crippen LogP contribution is -1.97. The first kappa shape index (κ1) is 14.6. The van der Waals surface area contributed by atoms with Crippen molar-refractivity contribution in [1.29, 1.82) is 0 Å². The summed E-state index contributed by atoms with van der Waals surface area (Å²) in [5.74, 6) is 0.281. The Morgan fingerprint density at radius 2 is 1.95 bits per heavy atom. The predicted molar refractivity (Wildman–Crippen MR) is 79.8 cm³/mol. The third-order valence-corrected chi connectivity index (χ3v) is 4.05. The van der Waals surface area contributed by atoms with Gasteiger partial charge in [0, 0.05) is 10.6 Å². The summed E-state index contributed by atoms with van der Waals surface area (Å²) in [6, 6.07) is 9.86. The monoisotopic (exact) mass is 362 g/mol. The van der Waals surface area contributed by atoms with Crippen LogP contribution in [0.2, 0.25) is 5.02 Å². The van der Waals surface area contributed by atoms with Crippen LogP contribution in [0.3, 0.4) is 0 Å². The maximum atomic E-state index is 13.8. The third-order valence-electron chi connectivity index (χ3n) is 2.70. The first-order valence-corrected chi connectivity index (χ1v) is 7.06. The number of benzene rings is 2. The van der Waals surface area contributed by atoms with Crippen molar-refractivity contribution in [1.82, 2.24) is 0 Å². The highest BCUT2D eigenvalue weighted by Crippen LogP contribution is 2.35. The lowest BCUT2D eigenvalue weighted by atomic mass is 10.0. The summed E-state index contributed by atoms with van der Waals surface area (Å²) in [5.41, 5.74) is 1.17. The molecule has 0 spiro atoms. The van der Waals surface area contributed by atoms with Gasteiger partial charge in [-0.2, -0.15) is 0 Å². The van der Waals surface area contributed by atoms with Crippen LogP contribution in [0.1, 0.15) is 16.5 Å². The van der Waals surface area contributed by atoms with Crippen molar-refractivity contribution >= 4 is 39.1 Å². The summed E-state index contributed by atoms with van der Waals surface area (Å²) in [6.07, 6.45) is 0. The Bertz CT molecular complexity index is 604. The van der Waals surface area contributed by atoms with Crippen LogP contribution in [0.4, 0.5) is 4.39 Å². The molecule has 2 aromatic carbocycles. The van der Waals surface area contributed by atoms with Crippen molar-refractivity contribution < 1.29 is 9.13 Å². The molecule has 0 aliphatic heterocycles. The van der Waals surface area contributed by atoms with Crippen molar-refractivity contribution in [2.75, 3.05) is 7.11 Å². The van der Waals surface area contributed by atoms with E-state index in [-0.39, 0.29) is 0 Å². The van der Waals surface area contributed by atoms with Gasteiger partial charge in [0.05, 0.1) is 17.0 Å². The van der Waals surface area contributed by atoms with Gasteiger partial charge < -0.3 is 4.74 Å². The van der Waals surface area contributed by atoms with Gasteiger partial charge in [0.25, 0.3) is 0 Å². The third kappa shape index (κ3) is 3.22. The predicted octanol–water partition coefficient (Wildman–Crippen LogP) is 5.58. The summed E-state index contributed by atoms with van der Waals surface area (Å²) in [5, 5.41) is -0.236. The van der Waals surface area contributed by atoms with Crippen molar-refractivity contribution in [2.45, 2.75) is 5.38 Å². The van der Waals surface area contributed by atoms with E-state index in [4.69, 9.17) is 27.9 Å². The molecule has 5 heteroatoms. The standard InChI is InChI=1S/C14H10BrCl2FO/c1-19-13-5-2-8(6-11(13)15)14(17)10-4-3-9(16)7-12(10)18/h2-7,14H,1H3. The van der Waals surface area contributed by atoms with E-state index in [1.54, 1.807) is 31.4 Å². The van der Waals surface area contributed by atoms with E-state index in [2.05, 4.69) is 15.9 Å². The minimum absolute atomic E-state index is 0.348. The van der Waals surface area contributed by atoms with Crippen LogP contribution >= 0.6 is 39.1 Å². The number of hydrogen-bond donors (Lipinski definition) is 0. The Morgan fingerprint density at radius 3 is 2.53 bits per heavy atom. The fourth-order valence-electron chi connectivity index (χ4n) is 1.73. The van der Waals surface area contributed by atoms with Gasteiger partial charge in [0.1, 0.15) is 11.6 Å². The van der Waals surface area contributed by atoms with Gasteiger partial charge in [-0.25, -0.2) is 4.39 Å². The Balaban J connectivity index is 2.38. The Kier molecular flexibility index (Phi) is 4.71. The average Bonchev–Trinajstić information content (AvgIpc) is 2.38. The number of ether oxygens (including phenoxy) is 1. The highest BCUT2D eigenvalue weighted by Gasteiger charge is 2.16. The molecule has 0 aliphatic rings. The fraction of sp³-hybridized carbons (Fsp3) is 0.143. The molecule has 2 rings (SSSR count). The smallest absolute Gasteiger partial charge is 0.133 e. The molecule has 0 saturated carbocycles. The van der Waals surface area contributed by atoms with Crippen molar-refractivity contribution in [2.24, 2.45) is 0 Å². The zero-order valence-electron chi connectivity index (χ0n) is 9.96. The lowest BCUT2D eigenvalue weighted by Gasteiger charge is -2.13. The Morgan fingerprint density at radius 1 is 1.21 bits per heavy atom. The molecule has 1 unspecified atom stereocenters. The van der Waals surface area contributed by atoms with Gasteiger partial charge in [0.15, 0.2) is 0 Å². The molecule has 1 atom stereocenters. The van der Waals surface area contributed by atoms with Crippen molar-refractivity contribution in [3.63, 3.8) is 0 Å². The lowest BCUT2D eigenvalue weighted by molar-refractivity contribution is 0.412. The van der Waals surface area contributed by atoms with Crippen molar-refractivity contribution in [3.05, 3.63) is 62.8 Å². The van der Waals surface area contributed by atoms with E-state index in [9.17, 15) is 4.39 Å². The molecule has 0 saturated heterocycles. The maximum Gasteiger partial charge on any atom is 0.133 e. The Labute approximate surface area is 129 Å². The number of methoxy groups -OCH3 is 1. The second kappa shape index (κ2) is 6.12. The first-order chi connectivity index (χ1) is 9.02. The molecule has 0 aromatic heterocycles. The van der Waals surface area contributed by atoms with Crippen LogP contribution in [0, 0.1) is 5.82 Å². The van der Waals surface area contributed by atoms with Crippen LogP contribution in [0.5, 0.6) is 5.75 Å². The fourth-order valence-corrected chi connectivity index (χ4v) is 2.76. The van der Waals surface area contributed by atoms with E-state index >= 15 is 0 Å². The molecule has 0 aliphatic carbocycles. The largest absolute Gasteiger partial charge is 0.496 e. The molecule has 2 aromatic rings. The molecule has 0 fully saturated rings. The van der Waals surface area contributed by atoms with E-state index in [0.717, 1.165) is 10.0 Å². The summed E-state index contributed by atoms with van der Waals surface area (Å²) < 4.78 is 19.7. The summed E-state index contributed by atoms with van der Waals surface area (Å²) in [6.45, 7) is 0. The molecule has 0 radical (unpaired) electrons. The van der Waals surface area contributed by atoms with Crippen LogP contribution in [0.15, 0.2) is 40.9 Å². The number of hydrogen-bond acceptors (Lipinski definition) is 1. The quantitative estimate of drug-likeness (QED) is 0.647. The molecule has 0 amide bonds. The average molecular weight is 364 g/mol. The molecule has 19 heavy (non-hydrogen) atoms. The van der Waals surface area contributed by atoms with E-state index in [1.165, 1.54) is 6.07 Å². The minimum atomic E-state index is -0.584. The molecule has 1 nitrogen and oxygen atoms in total. The van der Waals surface area contributed by atoms with Crippen LogP contribution < -0.4 is 4.74 Å². The van der Waals surface area contributed by atoms with Crippen LogP contribution in [-0.2, 0) is 0 Å². The zero-order chi connectivity index (χ0) is 14.0. The molecule has 0 heterocycles. The number of halogens is 4. The molecule has 0 N–H and O–H groups in total.